The fourth-order valence-electron chi connectivity index (χ4n) is 3.29. The standard InChI is InChI=1S/C24H19NO6/c1-29-17-9-10-21(30-2)18(13-17)14-5-3-7-16(11-14)25-23(27)19-12-15-6-4-8-20(26)22(15)31-24(19)28/h3-13,26H,1-2H3,(H,25,27). The molecule has 156 valence electrons. The first-order valence-electron chi connectivity index (χ1n) is 9.40. The van der Waals surface area contributed by atoms with Gasteiger partial charge in [-0.25, -0.2) is 4.79 Å². The maximum atomic E-state index is 12.8. The van der Waals surface area contributed by atoms with E-state index >= 15 is 0 Å². The number of phenolic OH excluding ortho intramolecular Hbond substituents is 1. The van der Waals surface area contributed by atoms with Crippen LogP contribution >= 0.6 is 0 Å². The van der Waals surface area contributed by atoms with E-state index in [0.29, 0.717) is 22.6 Å². The molecule has 3 aromatic carbocycles. The van der Waals surface area contributed by atoms with Crippen molar-refractivity contribution in [1.29, 1.82) is 0 Å². The van der Waals surface area contributed by atoms with E-state index in [9.17, 15) is 14.7 Å². The third kappa shape index (κ3) is 3.93. The topological polar surface area (TPSA) is 98.0 Å². The molecule has 0 radical (unpaired) electrons. The number of hydrogen-bond acceptors (Lipinski definition) is 6. The van der Waals surface area contributed by atoms with Crippen molar-refractivity contribution in [2.24, 2.45) is 0 Å². The highest BCUT2D eigenvalue weighted by molar-refractivity contribution is 6.06. The summed E-state index contributed by atoms with van der Waals surface area (Å²) >= 11 is 0. The summed E-state index contributed by atoms with van der Waals surface area (Å²) in [6, 6.07) is 18.6. The average molecular weight is 417 g/mol. The van der Waals surface area contributed by atoms with Crippen molar-refractivity contribution < 1.29 is 23.8 Å². The van der Waals surface area contributed by atoms with Crippen molar-refractivity contribution in [2.75, 3.05) is 19.5 Å². The third-order valence-electron chi connectivity index (χ3n) is 4.82. The summed E-state index contributed by atoms with van der Waals surface area (Å²) in [5.41, 5.74) is 1.11. The quantitative estimate of drug-likeness (QED) is 0.466. The Bertz CT molecular complexity index is 1340. The maximum Gasteiger partial charge on any atom is 0.349 e. The zero-order valence-corrected chi connectivity index (χ0v) is 16.8. The zero-order valence-electron chi connectivity index (χ0n) is 16.8. The molecular weight excluding hydrogens is 398 g/mol. The predicted molar refractivity (Wildman–Crippen MR) is 117 cm³/mol. The molecule has 0 atom stereocenters. The molecule has 1 amide bonds. The lowest BCUT2D eigenvalue weighted by atomic mass is 10.0. The Labute approximate surface area is 177 Å². The van der Waals surface area contributed by atoms with Gasteiger partial charge in [-0.15, -0.1) is 0 Å². The normalized spacial score (nSPS) is 10.6. The fraction of sp³-hybridized carbons (Fsp3) is 0.0833. The number of aromatic hydroxyl groups is 1. The molecule has 2 N–H and O–H groups in total. The number of methoxy groups -OCH3 is 2. The minimum Gasteiger partial charge on any atom is -0.504 e. The molecular formula is C24H19NO6. The van der Waals surface area contributed by atoms with Crippen LogP contribution in [-0.4, -0.2) is 25.2 Å². The fourth-order valence-corrected chi connectivity index (χ4v) is 3.29. The highest BCUT2D eigenvalue weighted by Crippen LogP contribution is 2.34. The minimum absolute atomic E-state index is 0.0381. The number of phenols is 1. The van der Waals surface area contributed by atoms with E-state index in [4.69, 9.17) is 13.9 Å². The van der Waals surface area contributed by atoms with Gasteiger partial charge in [0.25, 0.3) is 5.91 Å². The van der Waals surface area contributed by atoms with Gasteiger partial charge in [0.05, 0.1) is 14.2 Å². The van der Waals surface area contributed by atoms with E-state index in [0.717, 1.165) is 11.1 Å². The molecule has 7 heteroatoms. The van der Waals surface area contributed by atoms with Crippen LogP contribution in [0.3, 0.4) is 0 Å². The zero-order chi connectivity index (χ0) is 22.0. The second kappa shape index (κ2) is 8.23. The second-order valence-corrected chi connectivity index (χ2v) is 6.74. The van der Waals surface area contributed by atoms with Crippen molar-refractivity contribution in [3.05, 3.63) is 82.7 Å². The van der Waals surface area contributed by atoms with Crippen molar-refractivity contribution in [3.8, 4) is 28.4 Å². The molecule has 0 aliphatic rings. The molecule has 4 rings (SSSR count). The van der Waals surface area contributed by atoms with Crippen molar-refractivity contribution in [3.63, 3.8) is 0 Å². The number of ether oxygens (including phenoxy) is 2. The maximum absolute atomic E-state index is 12.8. The van der Waals surface area contributed by atoms with E-state index in [2.05, 4.69) is 5.32 Å². The average Bonchev–Trinajstić information content (AvgIpc) is 2.79. The molecule has 0 fully saturated rings. The van der Waals surface area contributed by atoms with Crippen LogP contribution in [-0.2, 0) is 0 Å². The smallest absolute Gasteiger partial charge is 0.349 e. The Morgan fingerprint density at radius 2 is 1.77 bits per heavy atom. The first-order chi connectivity index (χ1) is 15.0. The lowest BCUT2D eigenvalue weighted by Crippen LogP contribution is -2.20. The monoisotopic (exact) mass is 417 g/mol. The summed E-state index contributed by atoms with van der Waals surface area (Å²) in [5, 5.41) is 13.0. The molecule has 0 aliphatic carbocycles. The Balaban J connectivity index is 1.67. The number of carbonyl (C=O) groups is 1. The van der Waals surface area contributed by atoms with E-state index in [1.54, 1.807) is 56.7 Å². The molecule has 1 heterocycles. The van der Waals surface area contributed by atoms with Crippen molar-refractivity contribution >= 4 is 22.6 Å². The first kappa shape index (κ1) is 20.0. The number of anilines is 1. The van der Waals surface area contributed by atoms with Crippen LogP contribution in [0.1, 0.15) is 10.4 Å². The Morgan fingerprint density at radius 3 is 2.55 bits per heavy atom. The largest absolute Gasteiger partial charge is 0.504 e. The third-order valence-corrected chi connectivity index (χ3v) is 4.82. The van der Waals surface area contributed by atoms with Gasteiger partial charge in [0, 0.05) is 16.6 Å². The van der Waals surface area contributed by atoms with Gasteiger partial charge in [0.1, 0.15) is 17.1 Å². The van der Waals surface area contributed by atoms with Crippen LogP contribution in [0.4, 0.5) is 5.69 Å². The van der Waals surface area contributed by atoms with Crippen LogP contribution in [0.15, 0.2) is 75.9 Å². The lowest BCUT2D eigenvalue weighted by Gasteiger charge is -2.12. The van der Waals surface area contributed by atoms with Gasteiger partial charge < -0.3 is 24.3 Å². The molecule has 0 spiro atoms. The van der Waals surface area contributed by atoms with Crippen molar-refractivity contribution in [1.82, 2.24) is 0 Å². The van der Waals surface area contributed by atoms with E-state index in [1.165, 1.54) is 12.1 Å². The van der Waals surface area contributed by atoms with Gasteiger partial charge in [-0.05, 0) is 48.0 Å². The molecule has 0 saturated carbocycles. The second-order valence-electron chi connectivity index (χ2n) is 6.74. The SMILES string of the molecule is COc1ccc(OC)c(-c2cccc(NC(=O)c3cc4cccc(O)c4oc3=O)c2)c1. The number of carbonyl (C=O) groups excluding carboxylic acids is 1. The highest BCUT2D eigenvalue weighted by atomic mass is 16.5. The Morgan fingerprint density at radius 1 is 0.968 bits per heavy atom. The van der Waals surface area contributed by atoms with Gasteiger partial charge in [-0.2, -0.15) is 0 Å². The van der Waals surface area contributed by atoms with Crippen LogP contribution in [0.25, 0.3) is 22.1 Å². The number of benzene rings is 3. The van der Waals surface area contributed by atoms with Crippen LogP contribution in [0, 0.1) is 0 Å². The Hall–Kier alpha value is -4.26. The first-order valence-corrected chi connectivity index (χ1v) is 9.40. The van der Waals surface area contributed by atoms with Gasteiger partial charge in [-0.1, -0.05) is 24.3 Å². The lowest BCUT2D eigenvalue weighted by molar-refractivity contribution is 0.102. The molecule has 7 nitrogen and oxygen atoms in total. The summed E-state index contributed by atoms with van der Waals surface area (Å²) in [7, 11) is 3.16. The van der Waals surface area contributed by atoms with Crippen LogP contribution < -0.4 is 20.4 Å². The highest BCUT2D eigenvalue weighted by Gasteiger charge is 2.16. The predicted octanol–water partition coefficient (Wildman–Crippen LogP) is 4.44. The summed E-state index contributed by atoms with van der Waals surface area (Å²) in [6.07, 6.45) is 0. The summed E-state index contributed by atoms with van der Waals surface area (Å²) in [6.45, 7) is 0. The molecule has 31 heavy (non-hydrogen) atoms. The molecule has 0 bridgehead atoms. The van der Waals surface area contributed by atoms with Crippen LogP contribution in [0.2, 0.25) is 0 Å². The molecule has 0 saturated heterocycles. The number of hydrogen-bond donors (Lipinski definition) is 2. The minimum atomic E-state index is -0.836. The molecule has 0 unspecified atom stereocenters. The van der Waals surface area contributed by atoms with E-state index in [-0.39, 0.29) is 16.9 Å². The van der Waals surface area contributed by atoms with E-state index in [1.807, 2.05) is 12.1 Å². The number of nitrogens with one attached hydrogen (secondary N) is 1. The van der Waals surface area contributed by atoms with Gasteiger partial charge in [0.15, 0.2) is 11.3 Å². The molecule has 4 aromatic rings. The van der Waals surface area contributed by atoms with E-state index < -0.39 is 11.5 Å². The van der Waals surface area contributed by atoms with Crippen molar-refractivity contribution in [2.45, 2.75) is 0 Å². The summed E-state index contributed by atoms with van der Waals surface area (Å²) in [4.78, 5) is 25.0. The molecule has 1 aromatic heterocycles. The number of fused-ring (bicyclic) bond motifs is 1. The van der Waals surface area contributed by atoms with Gasteiger partial charge >= 0.3 is 5.63 Å². The molecule has 0 aliphatic heterocycles. The van der Waals surface area contributed by atoms with Crippen LogP contribution in [0.5, 0.6) is 17.2 Å². The number of para-hydroxylation sites is 1. The Kier molecular flexibility index (Phi) is 5.32. The summed E-state index contributed by atoms with van der Waals surface area (Å²) < 4.78 is 15.9. The van der Waals surface area contributed by atoms with Gasteiger partial charge in [0.2, 0.25) is 0 Å². The number of amides is 1. The van der Waals surface area contributed by atoms with Gasteiger partial charge in [-0.3, -0.25) is 4.79 Å². The summed E-state index contributed by atoms with van der Waals surface area (Å²) in [5.74, 6) is 0.539. The number of rotatable bonds is 5.